The molecule has 122 valence electrons. The van der Waals surface area contributed by atoms with Gasteiger partial charge in [0, 0.05) is 19.6 Å². The smallest absolute Gasteiger partial charge is 0.231 e. The molecule has 1 aliphatic heterocycles. The number of fused-ring (bicyclic) bond motifs is 1. The Morgan fingerprint density at radius 3 is 2.39 bits per heavy atom. The van der Waals surface area contributed by atoms with Gasteiger partial charge in [-0.1, -0.05) is 18.2 Å². The molecule has 0 spiro atoms. The number of nitrogens with zero attached hydrogens (tertiary/aromatic N) is 1. The molecule has 5 nitrogen and oxygen atoms in total. The van der Waals surface area contributed by atoms with Crippen molar-refractivity contribution in [3.8, 4) is 17.2 Å². The van der Waals surface area contributed by atoms with Gasteiger partial charge in [-0.15, -0.1) is 0 Å². The number of aliphatic hydroxyl groups is 1. The number of aromatic hydroxyl groups is 1. The first-order chi connectivity index (χ1) is 11.1. The summed E-state index contributed by atoms with van der Waals surface area (Å²) in [4.78, 5) is 2.16. The normalized spacial score (nSPS) is 14.2. The third-order valence-corrected chi connectivity index (χ3v) is 3.71. The highest BCUT2D eigenvalue weighted by molar-refractivity contribution is 5.44. The van der Waals surface area contributed by atoms with Crippen LogP contribution in [0.1, 0.15) is 18.1 Å². The summed E-state index contributed by atoms with van der Waals surface area (Å²) in [7, 11) is 0. The van der Waals surface area contributed by atoms with Crippen LogP contribution in [-0.4, -0.2) is 34.6 Å². The van der Waals surface area contributed by atoms with Crippen molar-refractivity contribution in [2.24, 2.45) is 0 Å². The van der Waals surface area contributed by atoms with E-state index in [2.05, 4.69) is 4.90 Å². The van der Waals surface area contributed by atoms with Crippen LogP contribution >= 0.6 is 0 Å². The van der Waals surface area contributed by atoms with Gasteiger partial charge in [0.05, 0.1) is 6.10 Å². The molecule has 1 heterocycles. The summed E-state index contributed by atoms with van der Waals surface area (Å²) in [5.41, 5.74) is 2.19. The molecule has 0 aromatic heterocycles. The van der Waals surface area contributed by atoms with Crippen molar-refractivity contribution in [2.45, 2.75) is 26.1 Å². The van der Waals surface area contributed by atoms with Crippen molar-refractivity contribution >= 4 is 0 Å². The lowest BCUT2D eigenvalue weighted by molar-refractivity contribution is 0.118. The molecule has 0 amide bonds. The van der Waals surface area contributed by atoms with E-state index >= 15 is 0 Å². The van der Waals surface area contributed by atoms with Crippen molar-refractivity contribution in [1.82, 2.24) is 4.90 Å². The summed E-state index contributed by atoms with van der Waals surface area (Å²) in [6, 6.07) is 13.0. The summed E-state index contributed by atoms with van der Waals surface area (Å²) in [6.07, 6.45) is -0.416. The Hall–Kier alpha value is -2.24. The fourth-order valence-electron chi connectivity index (χ4n) is 2.72. The zero-order chi connectivity index (χ0) is 16.2. The van der Waals surface area contributed by atoms with Gasteiger partial charge >= 0.3 is 0 Å². The Morgan fingerprint density at radius 1 is 1.00 bits per heavy atom. The standard InChI is InChI=1S/C18H21NO4/c1-13(20)9-19(10-14-2-5-16(21)6-3-14)11-15-4-7-17-18(8-15)23-12-22-17/h2-8,13,20-21H,9-12H2,1H3/t13-/m0/s1. The second-order valence-corrected chi connectivity index (χ2v) is 5.87. The van der Waals surface area contributed by atoms with Gasteiger partial charge in [0.25, 0.3) is 0 Å². The molecule has 23 heavy (non-hydrogen) atoms. The zero-order valence-corrected chi connectivity index (χ0v) is 13.1. The van der Waals surface area contributed by atoms with Crippen LogP contribution in [0.4, 0.5) is 0 Å². The van der Waals surface area contributed by atoms with E-state index in [4.69, 9.17) is 9.47 Å². The van der Waals surface area contributed by atoms with Crippen LogP contribution in [0.25, 0.3) is 0 Å². The van der Waals surface area contributed by atoms with Crippen LogP contribution in [0.5, 0.6) is 17.2 Å². The van der Waals surface area contributed by atoms with Gasteiger partial charge in [0.15, 0.2) is 11.5 Å². The minimum absolute atomic E-state index is 0.256. The Bertz CT molecular complexity index is 655. The molecule has 1 aliphatic rings. The number of aliphatic hydroxyl groups excluding tert-OH is 1. The van der Waals surface area contributed by atoms with Crippen molar-refractivity contribution < 1.29 is 19.7 Å². The fourth-order valence-corrected chi connectivity index (χ4v) is 2.72. The Kier molecular flexibility index (Phi) is 4.69. The average Bonchev–Trinajstić information content (AvgIpc) is 2.96. The molecule has 0 unspecified atom stereocenters. The van der Waals surface area contributed by atoms with Crippen LogP contribution < -0.4 is 9.47 Å². The number of phenolic OH excluding ortho intramolecular Hbond substituents is 1. The first-order valence-electron chi connectivity index (χ1n) is 7.67. The maximum atomic E-state index is 9.75. The van der Waals surface area contributed by atoms with Crippen LogP contribution in [0.3, 0.4) is 0 Å². The topological polar surface area (TPSA) is 62.2 Å². The van der Waals surface area contributed by atoms with Crippen LogP contribution in [0, 0.1) is 0 Å². The van der Waals surface area contributed by atoms with E-state index < -0.39 is 6.10 Å². The second-order valence-electron chi connectivity index (χ2n) is 5.87. The molecule has 2 aromatic carbocycles. The zero-order valence-electron chi connectivity index (χ0n) is 13.1. The quantitative estimate of drug-likeness (QED) is 0.857. The van der Waals surface area contributed by atoms with Gasteiger partial charge in [0.2, 0.25) is 6.79 Å². The molecule has 0 radical (unpaired) electrons. The highest BCUT2D eigenvalue weighted by Crippen LogP contribution is 2.32. The van der Waals surface area contributed by atoms with E-state index in [1.165, 1.54) is 0 Å². The molecular formula is C18H21NO4. The lowest BCUT2D eigenvalue weighted by Crippen LogP contribution is -2.30. The van der Waals surface area contributed by atoms with Gasteiger partial charge < -0.3 is 19.7 Å². The number of hydrogen-bond donors (Lipinski definition) is 2. The van der Waals surface area contributed by atoms with Gasteiger partial charge in [-0.05, 0) is 42.3 Å². The number of ether oxygens (including phenoxy) is 2. The molecule has 0 fully saturated rings. The first-order valence-corrected chi connectivity index (χ1v) is 7.67. The summed E-state index contributed by atoms with van der Waals surface area (Å²) >= 11 is 0. The van der Waals surface area contributed by atoms with Gasteiger partial charge in [0.1, 0.15) is 5.75 Å². The molecule has 5 heteroatoms. The lowest BCUT2D eigenvalue weighted by atomic mass is 10.1. The summed E-state index contributed by atoms with van der Waals surface area (Å²) in [5.74, 6) is 1.80. The summed E-state index contributed by atoms with van der Waals surface area (Å²) in [5, 5.41) is 19.1. The minimum atomic E-state index is -0.416. The largest absolute Gasteiger partial charge is 0.508 e. The molecule has 3 rings (SSSR count). The van der Waals surface area contributed by atoms with E-state index in [0.717, 1.165) is 22.6 Å². The van der Waals surface area contributed by atoms with E-state index in [9.17, 15) is 10.2 Å². The Balaban J connectivity index is 1.72. The van der Waals surface area contributed by atoms with E-state index in [1.54, 1.807) is 19.1 Å². The van der Waals surface area contributed by atoms with Crippen LogP contribution in [0.2, 0.25) is 0 Å². The second kappa shape index (κ2) is 6.89. The molecular weight excluding hydrogens is 294 g/mol. The summed E-state index contributed by atoms with van der Waals surface area (Å²) < 4.78 is 10.7. The molecule has 0 saturated heterocycles. The van der Waals surface area contributed by atoms with E-state index in [-0.39, 0.29) is 12.5 Å². The predicted molar refractivity (Wildman–Crippen MR) is 86.5 cm³/mol. The maximum absolute atomic E-state index is 9.75. The summed E-state index contributed by atoms with van der Waals surface area (Å²) in [6.45, 7) is 4.00. The number of rotatable bonds is 6. The monoisotopic (exact) mass is 315 g/mol. The molecule has 2 aromatic rings. The third kappa shape index (κ3) is 4.15. The molecule has 0 saturated carbocycles. The highest BCUT2D eigenvalue weighted by Gasteiger charge is 2.15. The third-order valence-electron chi connectivity index (χ3n) is 3.71. The number of hydrogen-bond acceptors (Lipinski definition) is 5. The van der Waals surface area contributed by atoms with Gasteiger partial charge in [-0.3, -0.25) is 4.90 Å². The Labute approximate surface area is 135 Å². The maximum Gasteiger partial charge on any atom is 0.231 e. The predicted octanol–water partition coefficient (Wildman–Crippen LogP) is 2.50. The van der Waals surface area contributed by atoms with Crippen LogP contribution in [0.15, 0.2) is 42.5 Å². The van der Waals surface area contributed by atoms with E-state index in [0.29, 0.717) is 19.6 Å². The van der Waals surface area contributed by atoms with Crippen LogP contribution in [-0.2, 0) is 13.1 Å². The van der Waals surface area contributed by atoms with Gasteiger partial charge in [-0.2, -0.15) is 0 Å². The lowest BCUT2D eigenvalue weighted by Gasteiger charge is -2.24. The van der Waals surface area contributed by atoms with Crippen molar-refractivity contribution in [2.75, 3.05) is 13.3 Å². The van der Waals surface area contributed by atoms with Crippen molar-refractivity contribution in [1.29, 1.82) is 0 Å². The highest BCUT2D eigenvalue weighted by atomic mass is 16.7. The van der Waals surface area contributed by atoms with E-state index in [1.807, 2.05) is 30.3 Å². The van der Waals surface area contributed by atoms with Crippen molar-refractivity contribution in [3.05, 3.63) is 53.6 Å². The Morgan fingerprint density at radius 2 is 1.65 bits per heavy atom. The minimum Gasteiger partial charge on any atom is -0.508 e. The molecule has 0 bridgehead atoms. The molecule has 0 aliphatic carbocycles. The SMILES string of the molecule is C[C@H](O)CN(Cc1ccc(O)cc1)Cc1ccc2c(c1)OCO2. The number of phenols is 1. The molecule has 2 N–H and O–H groups in total. The number of benzene rings is 2. The van der Waals surface area contributed by atoms with Gasteiger partial charge in [-0.25, -0.2) is 0 Å². The first kappa shape index (κ1) is 15.6. The van der Waals surface area contributed by atoms with Crippen molar-refractivity contribution in [3.63, 3.8) is 0 Å². The fraction of sp³-hybridized carbons (Fsp3) is 0.333. The average molecular weight is 315 g/mol. The molecule has 1 atom stereocenters.